The zero-order chi connectivity index (χ0) is 12.7. The molecule has 0 saturated heterocycles. The van der Waals surface area contributed by atoms with Crippen molar-refractivity contribution >= 4 is 12.1 Å². The molecule has 1 amide bonds. The molecule has 0 bridgehead atoms. The minimum Gasteiger partial charge on any atom is -0.463 e. The smallest absolute Gasteiger partial charge is 0.404 e. The average molecular weight is 242 g/mol. The van der Waals surface area contributed by atoms with E-state index in [1.54, 1.807) is 6.07 Å². The quantitative estimate of drug-likeness (QED) is 0.547. The first-order valence-corrected chi connectivity index (χ1v) is 4.93. The minimum absolute atomic E-state index is 0.151. The summed E-state index contributed by atoms with van der Waals surface area (Å²) in [5.74, 6) is 0.218. The molecule has 0 saturated carbocycles. The van der Waals surface area contributed by atoms with Crippen molar-refractivity contribution in [2.45, 2.75) is 6.54 Å². The van der Waals surface area contributed by atoms with Crippen LogP contribution in [-0.4, -0.2) is 32.3 Å². The van der Waals surface area contributed by atoms with Crippen LogP contribution >= 0.6 is 0 Å². The molecule has 0 aliphatic carbocycles. The fourth-order valence-corrected chi connectivity index (χ4v) is 1.12. The third kappa shape index (κ3) is 4.56. The number of primary amides is 1. The molecule has 1 aromatic heterocycles. The number of ether oxygens (including phenoxy) is 2. The summed E-state index contributed by atoms with van der Waals surface area (Å²) in [5.41, 5.74) is 4.78. The fraction of sp³-hybridized carbons (Fsp3) is 0.400. The lowest BCUT2D eigenvalue weighted by molar-refractivity contribution is 0.0562. The zero-order valence-electron chi connectivity index (χ0n) is 9.39. The summed E-state index contributed by atoms with van der Waals surface area (Å²) in [6.07, 6.45) is -0.808. The van der Waals surface area contributed by atoms with Gasteiger partial charge in [-0.25, -0.2) is 9.59 Å². The number of carbonyl (C=O) groups is 2. The predicted molar refractivity (Wildman–Crippen MR) is 57.3 cm³/mol. The highest BCUT2D eigenvalue weighted by Gasteiger charge is 2.10. The molecule has 0 atom stereocenters. The van der Waals surface area contributed by atoms with Crippen LogP contribution in [0, 0.1) is 0 Å². The number of esters is 1. The molecule has 0 aromatic carbocycles. The Labute approximate surface area is 97.9 Å². The molecular weight excluding hydrogens is 228 g/mol. The van der Waals surface area contributed by atoms with Crippen molar-refractivity contribution in [2.75, 3.05) is 20.3 Å². The molecule has 3 N–H and O–H groups in total. The molecule has 94 valence electrons. The lowest BCUT2D eigenvalue weighted by atomic mass is 10.4. The van der Waals surface area contributed by atoms with Gasteiger partial charge in [0, 0.05) is 6.54 Å². The molecule has 0 fully saturated rings. The van der Waals surface area contributed by atoms with Gasteiger partial charge in [0.2, 0.25) is 5.76 Å². The Morgan fingerprint density at radius 3 is 2.88 bits per heavy atom. The van der Waals surface area contributed by atoms with E-state index < -0.39 is 12.1 Å². The first-order chi connectivity index (χ1) is 8.13. The van der Waals surface area contributed by atoms with E-state index in [-0.39, 0.29) is 12.4 Å². The Kier molecular flexibility index (Phi) is 5.02. The van der Waals surface area contributed by atoms with Crippen molar-refractivity contribution in [2.24, 2.45) is 5.73 Å². The van der Waals surface area contributed by atoms with Gasteiger partial charge >= 0.3 is 12.1 Å². The summed E-state index contributed by atoms with van der Waals surface area (Å²) in [7, 11) is 1.28. The van der Waals surface area contributed by atoms with E-state index in [9.17, 15) is 9.59 Å². The van der Waals surface area contributed by atoms with Crippen molar-refractivity contribution in [3.05, 3.63) is 23.7 Å². The Morgan fingerprint density at radius 1 is 1.47 bits per heavy atom. The van der Waals surface area contributed by atoms with E-state index in [1.807, 2.05) is 0 Å². The highest BCUT2D eigenvalue weighted by atomic mass is 16.5. The topological polar surface area (TPSA) is 104 Å². The first kappa shape index (κ1) is 13.0. The number of hydrogen-bond acceptors (Lipinski definition) is 6. The summed E-state index contributed by atoms with van der Waals surface area (Å²) in [4.78, 5) is 21.3. The van der Waals surface area contributed by atoms with Crippen LogP contribution < -0.4 is 11.1 Å². The van der Waals surface area contributed by atoms with Crippen LogP contribution in [0.5, 0.6) is 0 Å². The van der Waals surface area contributed by atoms with Crippen LogP contribution in [0.2, 0.25) is 0 Å². The summed E-state index contributed by atoms with van der Waals surface area (Å²) in [6.45, 7) is 1.04. The van der Waals surface area contributed by atoms with Crippen molar-refractivity contribution in [3.63, 3.8) is 0 Å². The molecule has 0 aliphatic rings. The normalized spacial score (nSPS) is 9.94. The summed E-state index contributed by atoms with van der Waals surface area (Å²) in [5, 5.41) is 2.95. The Hall–Kier alpha value is -2.02. The lowest BCUT2D eigenvalue weighted by Gasteiger charge is -2.02. The second-order valence-electron chi connectivity index (χ2n) is 3.10. The molecule has 7 heteroatoms. The Morgan fingerprint density at radius 2 is 2.24 bits per heavy atom. The highest BCUT2D eigenvalue weighted by Crippen LogP contribution is 2.08. The first-order valence-electron chi connectivity index (χ1n) is 4.93. The Bertz CT molecular complexity index is 388. The second-order valence-corrected chi connectivity index (χ2v) is 3.10. The SMILES string of the molecule is COC(=O)c1ccc(CNCCOC(N)=O)o1. The van der Waals surface area contributed by atoms with E-state index in [2.05, 4.69) is 14.8 Å². The third-order valence-corrected chi connectivity index (χ3v) is 1.87. The molecule has 0 spiro atoms. The standard InChI is InChI=1S/C10H14N2O5/c1-15-9(13)8-3-2-7(17-8)6-12-4-5-16-10(11)14/h2-3,12H,4-6H2,1H3,(H2,11,14). The van der Waals surface area contributed by atoms with Gasteiger partial charge in [-0.15, -0.1) is 0 Å². The number of methoxy groups -OCH3 is 1. The molecule has 17 heavy (non-hydrogen) atoms. The number of nitrogens with two attached hydrogens (primary N) is 1. The van der Waals surface area contributed by atoms with Gasteiger partial charge < -0.3 is 24.9 Å². The summed E-state index contributed by atoms with van der Waals surface area (Å²) in [6, 6.07) is 3.19. The van der Waals surface area contributed by atoms with E-state index in [4.69, 9.17) is 10.2 Å². The van der Waals surface area contributed by atoms with Crippen molar-refractivity contribution in [1.82, 2.24) is 5.32 Å². The van der Waals surface area contributed by atoms with Gasteiger partial charge in [-0.3, -0.25) is 0 Å². The molecule has 0 radical (unpaired) electrons. The number of nitrogens with one attached hydrogen (secondary N) is 1. The van der Waals surface area contributed by atoms with E-state index in [0.717, 1.165) is 0 Å². The van der Waals surface area contributed by atoms with Crippen LogP contribution in [0.25, 0.3) is 0 Å². The fourth-order valence-electron chi connectivity index (χ4n) is 1.12. The number of rotatable bonds is 6. The maximum absolute atomic E-state index is 11.1. The van der Waals surface area contributed by atoms with Gasteiger partial charge in [0.05, 0.1) is 13.7 Å². The van der Waals surface area contributed by atoms with E-state index in [1.165, 1.54) is 13.2 Å². The highest BCUT2D eigenvalue weighted by molar-refractivity contribution is 5.86. The van der Waals surface area contributed by atoms with Crippen molar-refractivity contribution < 1.29 is 23.5 Å². The van der Waals surface area contributed by atoms with Crippen LogP contribution in [-0.2, 0) is 16.0 Å². The molecule has 1 rings (SSSR count). The molecule has 0 aliphatic heterocycles. The average Bonchev–Trinajstić information content (AvgIpc) is 2.76. The molecule has 0 unspecified atom stereocenters. The maximum Gasteiger partial charge on any atom is 0.404 e. The number of carbonyl (C=O) groups excluding carboxylic acids is 2. The third-order valence-electron chi connectivity index (χ3n) is 1.87. The van der Waals surface area contributed by atoms with Crippen molar-refractivity contribution in [1.29, 1.82) is 0 Å². The number of amides is 1. The Balaban J connectivity index is 2.25. The van der Waals surface area contributed by atoms with E-state index >= 15 is 0 Å². The van der Waals surface area contributed by atoms with Gasteiger partial charge in [-0.1, -0.05) is 0 Å². The van der Waals surface area contributed by atoms with Gasteiger partial charge in [0.1, 0.15) is 12.4 Å². The van der Waals surface area contributed by atoms with Gasteiger partial charge in [-0.2, -0.15) is 0 Å². The van der Waals surface area contributed by atoms with Gasteiger partial charge in [-0.05, 0) is 12.1 Å². The maximum atomic E-state index is 11.1. The molecule has 7 nitrogen and oxygen atoms in total. The summed E-state index contributed by atoms with van der Waals surface area (Å²) < 4.78 is 14.2. The van der Waals surface area contributed by atoms with Gasteiger partial charge in [0.15, 0.2) is 0 Å². The van der Waals surface area contributed by atoms with Crippen LogP contribution in [0.3, 0.4) is 0 Å². The number of furan rings is 1. The van der Waals surface area contributed by atoms with Crippen molar-refractivity contribution in [3.8, 4) is 0 Å². The molecule has 1 heterocycles. The van der Waals surface area contributed by atoms with Crippen LogP contribution in [0.15, 0.2) is 16.5 Å². The molecular formula is C10H14N2O5. The zero-order valence-corrected chi connectivity index (χ0v) is 9.39. The monoisotopic (exact) mass is 242 g/mol. The minimum atomic E-state index is -0.808. The van der Waals surface area contributed by atoms with E-state index in [0.29, 0.717) is 18.8 Å². The van der Waals surface area contributed by atoms with Gasteiger partial charge in [0.25, 0.3) is 0 Å². The van der Waals surface area contributed by atoms with Crippen LogP contribution in [0.1, 0.15) is 16.3 Å². The number of hydrogen-bond donors (Lipinski definition) is 2. The predicted octanol–water partition coefficient (Wildman–Crippen LogP) is 0.251. The largest absolute Gasteiger partial charge is 0.463 e. The molecule has 1 aromatic rings. The van der Waals surface area contributed by atoms with Crippen LogP contribution in [0.4, 0.5) is 4.79 Å². The lowest BCUT2D eigenvalue weighted by Crippen LogP contribution is -2.23. The second kappa shape index (κ2) is 6.54. The summed E-state index contributed by atoms with van der Waals surface area (Å²) >= 11 is 0.